The van der Waals surface area contributed by atoms with Gasteiger partial charge in [-0.25, -0.2) is 4.99 Å². The van der Waals surface area contributed by atoms with Crippen LogP contribution in [0.25, 0.3) is 6.08 Å². The number of carbonyl (C=O) groups excluding carboxylic acids is 1. The molecule has 1 amide bonds. The number of nitrogens with zero attached hydrogens (tertiary/aromatic N) is 4. The molecule has 0 saturated heterocycles. The van der Waals surface area contributed by atoms with Crippen molar-refractivity contribution in [1.82, 2.24) is 9.47 Å². The molecule has 4 rings (SSSR count). The third-order valence-corrected chi connectivity index (χ3v) is 8.34. The molecule has 0 bridgehead atoms. The van der Waals surface area contributed by atoms with E-state index < -0.39 is 6.04 Å². The summed E-state index contributed by atoms with van der Waals surface area (Å²) >= 11 is 1.32. The van der Waals surface area contributed by atoms with Crippen LogP contribution < -0.4 is 29.3 Å². The van der Waals surface area contributed by atoms with E-state index in [0.717, 1.165) is 24.3 Å². The smallest absolute Gasteiger partial charge is 0.271 e. The molecule has 3 aromatic rings. The van der Waals surface area contributed by atoms with E-state index in [4.69, 9.17) is 14.5 Å². The Balaban J connectivity index is 1.94. The maximum absolute atomic E-state index is 14.1. The maximum atomic E-state index is 14.1. The lowest BCUT2D eigenvalue weighted by molar-refractivity contribution is -0.127. The van der Waals surface area contributed by atoms with Crippen LogP contribution in [0.15, 0.2) is 63.5 Å². The maximum Gasteiger partial charge on any atom is 0.271 e. The number of allylic oxidation sites excluding steroid dienone is 1. The Bertz CT molecular complexity index is 1580. The Morgan fingerprint density at radius 2 is 1.68 bits per heavy atom. The van der Waals surface area contributed by atoms with Crippen LogP contribution in [-0.4, -0.2) is 55.8 Å². The number of hydrogen-bond acceptors (Lipinski definition) is 7. The van der Waals surface area contributed by atoms with Crippen LogP contribution >= 0.6 is 11.3 Å². The van der Waals surface area contributed by atoms with Gasteiger partial charge < -0.3 is 19.3 Å². The lowest BCUT2D eigenvalue weighted by Crippen LogP contribution is -2.43. The number of hydrogen-bond donors (Lipinski definition) is 0. The number of rotatable bonds is 10. The fourth-order valence-corrected chi connectivity index (χ4v) is 6.19. The van der Waals surface area contributed by atoms with Gasteiger partial charge in [0.25, 0.3) is 11.5 Å². The van der Waals surface area contributed by atoms with Gasteiger partial charge in [0.1, 0.15) is 17.5 Å². The Morgan fingerprint density at radius 1 is 1.00 bits per heavy atom. The molecule has 0 N–H and O–H groups in total. The predicted molar refractivity (Wildman–Crippen MR) is 161 cm³/mol. The molecule has 8 nitrogen and oxygen atoms in total. The van der Waals surface area contributed by atoms with E-state index in [1.807, 2.05) is 45.0 Å². The highest BCUT2D eigenvalue weighted by molar-refractivity contribution is 7.07. The minimum absolute atomic E-state index is 0.151. The summed E-state index contributed by atoms with van der Waals surface area (Å²) in [5.41, 5.74) is 3.57. The first-order valence-corrected chi connectivity index (χ1v) is 14.5. The summed E-state index contributed by atoms with van der Waals surface area (Å²) in [6.45, 7) is 12.9. The monoisotopic (exact) mass is 562 g/mol. The van der Waals surface area contributed by atoms with Crippen LogP contribution in [0.5, 0.6) is 11.5 Å². The Hall–Kier alpha value is -3.85. The molecule has 1 aromatic heterocycles. The molecular formula is C31H38N4O4S. The summed E-state index contributed by atoms with van der Waals surface area (Å²) in [6, 6.07) is 12.9. The van der Waals surface area contributed by atoms with Crippen LogP contribution in [0.2, 0.25) is 0 Å². The molecule has 0 saturated carbocycles. The topological polar surface area (TPSA) is 76.4 Å². The van der Waals surface area contributed by atoms with Crippen LogP contribution in [0.3, 0.4) is 0 Å². The van der Waals surface area contributed by atoms with Gasteiger partial charge >= 0.3 is 0 Å². The zero-order chi connectivity index (χ0) is 29.0. The fraction of sp³-hybridized carbons (Fsp3) is 0.387. The number of thiazole rings is 1. The molecule has 0 unspecified atom stereocenters. The van der Waals surface area contributed by atoms with Gasteiger partial charge in [-0.15, -0.1) is 0 Å². The zero-order valence-corrected chi connectivity index (χ0v) is 25.2. The molecule has 212 valence electrons. The molecule has 1 atom stereocenters. The van der Waals surface area contributed by atoms with E-state index >= 15 is 0 Å². The third kappa shape index (κ3) is 5.43. The summed E-state index contributed by atoms with van der Waals surface area (Å²) in [4.78, 5) is 37.3. The Kier molecular flexibility index (Phi) is 9.14. The largest absolute Gasteiger partial charge is 0.497 e. The highest BCUT2D eigenvalue weighted by Crippen LogP contribution is 2.38. The van der Waals surface area contributed by atoms with Crippen molar-refractivity contribution in [1.29, 1.82) is 0 Å². The number of carbonyl (C=O) groups is 1. The minimum atomic E-state index is -0.721. The number of amides is 1. The van der Waals surface area contributed by atoms with Crippen LogP contribution in [0.1, 0.15) is 51.8 Å². The number of anilines is 1. The minimum Gasteiger partial charge on any atom is -0.497 e. The molecule has 0 fully saturated rings. The Morgan fingerprint density at radius 3 is 2.25 bits per heavy atom. The van der Waals surface area contributed by atoms with Gasteiger partial charge in [-0.1, -0.05) is 23.5 Å². The highest BCUT2D eigenvalue weighted by atomic mass is 32.1. The van der Waals surface area contributed by atoms with E-state index in [1.54, 1.807) is 35.8 Å². The van der Waals surface area contributed by atoms with Crippen molar-refractivity contribution in [3.63, 3.8) is 0 Å². The van der Waals surface area contributed by atoms with Crippen LogP contribution in [-0.2, 0) is 4.79 Å². The average Bonchev–Trinajstić information content (AvgIpc) is 3.27. The number of fused-ring (bicyclic) bond motifs is 1. The zero-order valence-electron chi connectivity index (χ0n) is 24.4. The van der Waals surface area contributed by atoms with Crippen molar-refractivity contribution in [2.24, 2.45) is 4.99 Å². The van der Waals surface area contributed by atoms with Gasteiger partial charge in [0.15, 0.2) is 4.80 Å². The van der Waals surface area contributed by atoms with Crippen molar-refractivity contribution in [2.75, 3.05) is 45.3 Å². The average molecular weight is 563 g/mol. The molecule has 0 aliphatic carbocycles. The number of aromatic nitrogens is 1. The summed E-state index contributed by atoms with van der Waals surface area (Å²) in [5.74, 6) is 1.02. The summed E-state index contributed by atoms with van der Waals surface area (Å²) in [7, 11) is 3.17. The van der Waals surface area contributed by atoms with Crippen LogP contribution in [0, 0.1) is 0 Å². The first-order valence-electron chi connectivity index (χ1n) is 13.7. The second-order valence-electron chi connectivity index (χ2n) is 9.43. The molecule has 0 radical (unpaired) electrons. The molecule has 9 heteroatoms. The molecule has 0 spiro atoms. The normalized spacial score (nSPS) is 15.0. The number of benzene rings is 2. The standard InChI is InChI=1S/C31H38N4O4S/c1-8-33(9-2)22-14-12-21(13-15-22)18-26-29(36)35-28(24-19-23(38-6)16-17-25(24)39-7)27(20(5)32-31(35)40-26)30(37)34(10-3)11-4/h12-19,28H,8-11H2,1-7H3/b26-18+/t28-/m0/s1. The second kappa shape index (κ2) is 12.6. The van der Waals surface area contributed by atoms with Crippen molar-refractivity contribution in [3.05, 3.63) is 84.5 Å². The van der Waals surface area contributed by atoms with Gasteiger partial charge in [0.05, 0.1) is 30.0 Å². The lowest BCUT2D eigenvalue weighted by Gasteiger charge is -2.30. The SMILES string of the molecule is CCN(CC)C(=O)C1=C(C)N=c2s/c(=C/c3ccc(N(CC)CC)cc3)c(=O)n2[C@H]1c1cc(OC)ccc1OC. The lowest BCUT2D eigenvalue weighted by atomic mass is 9.93. The second-order valence-corrected chi connectivity index (χ2v) is 10.4. The summed E-state index contributed by atoms with van der Waals surface area (Å²) in [5, 5.41) is 0. The van der Waals surface area contributed by atoms with Gasteiger partial charge in [-0.3, -0.25) is 14.2 Å². The quantitative estimate of drug-likeness (QED) is 0.374. The number of methoxy groups -OCH3 is 2. The van der Waals surface area contributed by atoms with Crippen molar-refractivity contribution < 1.29 is 14.3 Å². The van der Waals surface area contributed by atoms with E-state index in [2.05, 4.69) is 30.9 Å². The Labute approximate surface area is 239 Å². The molecule has 2 aromatic carbocycles. The number of likely N-dealkylation sites (N-methyl/N-ethyl adjacent to an activating group) is 1. The van der Waals surface area contributed by atoms with Gasteiger partial charge in [0, 0.05) is 37.4 Å². The van der Waals surface area contributed by atoms with E-state index in [0.29, 0.717) is 50.8 Å². The first-order chi connectivity index (χ1) is 19.3. The van der Waals surface area contributed by atoms with Crippen molar-refractivity contribution >= 4 is 29.0 Å². The van der Waals surface area contributed by atoms with Crippen molar-refractivity contribution in [3.8, 4) is 11.5 Å². The van der Waals surface area contributed by atoms with E-state index in [9.17, 15) is 9.59 Å². The number of ether oxygens (including phenoxy) is 2. The van der Waals surface area contributed by atoms with Gasteiger partial charge in [0.2, 0.25) is 0 Å². The highest BCUT2D eigenvalue weighted by Gasteiger charge is 2.36. The first kappa shape index (κ1) is 29.1. The van der Waals surface area contributed by atoms with E-state index in [-0.39, 0.29) is 11.5 Å². The van der Waals surface area contributed by atoms with Gasteiger partial charge in [-0.2, -0.15) is 0 Å². The molecular weight excluding hydrogens is 524 g/mol. The molecule has 1 aliphatic heterocycles. The molecule has 40 heavy (non-hydrogen) atoms. The third-order valence-electron chi connectivity index (χ3n) is 7.35. The van der Waals surface area contributed by atoms with Crippen molar-refractivity contribution in [2.45, 2.75) is 40.7 Å². The summed E-state index contributed by atoms with van der Waals surface area (Å²) in [6.07, 6.45) is 1.89. The summed E-state index contributed by atoms with van der Waals surface area (Å²) < 4.78 is 13.4. The predicted octanol–water partition coefficient (Wildman–Crippen LogP) is 3.97. The molecule has 1 aliphatic rings. The van der Waals surface area contributed by atoms with Gasteiger partial charge in [-0.05, 0) is 76.6 Å². The molecule has 2 heterocycles. The van der Waals surface area contributed by atoms with Crippen LogP contribution in [0.4, 0.5) is 5.69 Å². The van der Waals surface area contributed by atoms with E-state index in [1.165, 1.54) is 11.3 Å². The fourth-order valence-electron chi connectivity index (χ4n) is 5.15.